The topological polar surface area (TPSA) is 40.6 Å². The molecular formula is C22H26N2O2. The minimum atomic E-state index is -0.421. The number of hydrogen-bond acceptors (Lipinski definition) is 2. The Morgan fingerprint density at radius 3 is 2.42 bits per heavy atom. The summed E-state index contributed by atoms with van der Waals surface area (Å²) in [5, 5.41) is 0. The van der Waals surface area contributed by atoms with Crippen LogP contribution in [0, 0.1) is 5.92 Å². The zero-order valence-corrected chi connectivity index (χ0v) is 15.7. The van der Waals surface area contributed by atoms with Crippen molar-refractivity contribution in [2.24, 2.45) is 5.92 Å². The number of benzene rings is 2. The van der Waals surface area contributed by atoms with E-state index >= 15 is 0 Å². The highest BCUT2D eigenvalue weighted by Crippen LogP contribution is 2.22. The first-order valence-electron chi connectivity index (χ1n) is 9.22. The lowest BCUT2D eigenvalue weighted by Gasteiger charge is -2.39. The van der Waals surface area contributed by atoms with E-state index in [0.29, 0.717) is 24.6 Å². The van der Waals surface area contributed by atoms with Crippen molar-refractivity contribution in [2.75, 3.05) is 19.6 Å². The zero-order valence-electron chi connectivity index (χ0n) is 15.7. The Morgan fingerprint density at radius 1 is 1.04 bits per heavy atom. The second kappa shape index (κ2) is 7.73. The maximum absolute atomic E-state index is 13.0. The third kappa shape index (κ3) is 3.79. The van der Waals surface area contributed by atoms with Crippen LogP contribution < -0.4 is 0 Å². The average Bonchev–Trinajstić information content (AvgIpc) is 2.66. The molecule has 1 saturated heterocycles. The molecule has 3 rings (SSSR count). The summed E-state index contributed by atoms with van der Waals surface area (Å²) in [4.78, 5) is 29.2. The molecule has 1 unspecified atom stereocenters. The standard InChI is InChI=1S/C22H26N2O2/c1-16(2)15-23-12-13-24(17(3)21(23)25)22(26)20-11-7-10-19(14-20)18-8-5-4-6-9-18/h4-11,14,16-17H,12-13,15H2,1-3H3. The Hall–Kier alpha value is -2.62. The lowest BCUT2D eigenvalue weighted by Crippen LogP contribution is -2.58. The molecule has 1 aliphatic rings. The van der Waals surface area contributed by atoms with Crippen LogP contribution in [0.25, 0.3) is 11.1 Å². The van der Waals surface area contributed by atoms with Crippen LogP contribution in [0.2, 0.25) is 0 Å². The van der Waals surface area contributed by atoms with Gasteiger partial charge >= 0.3 is 0 Å². The quantitative estimate of drug-likeness (QED) is 0.844. The molecule has 0 bridgehead atoms. The number of hydrogen-bond donors (Lipinski definition) is 0. The van der Waals surface area contributed by atoms with E-state index in [9.17, 15) is 9.59 Å². The minimum absolute atomic E-state index is 0.0394. The first kappa shape index (κ1) is 18.2. The van der Waals surface area contributed by atoms with E-state index in [2.05, 4.69) is 13.8 Å². The summed E-state index contributed by atoms with van der Waals surface area (Å²) >= 11 is 0. The predicted molar refractivity (Wildman–Crippen MR) is 104 cm³/mol. The molecule has 0 saturated carbocycles. The monoisotopic (exact) mass is 350 g/mol. The van der Waals surface area contributed by atoms with Crippen LogP contribution in [0.3, 0.4) is 0 Å². The van der Waals surface area contributed by atoms with Gasteiger partial charge in [-0.05, 0) is 36.1 Å². The van der Waals surface area contributed by atoms with Gasteiger partial charge in [-0.3, -0.25) is 9.59 Å². The summed E-state index contributed by atoms with van der Waals surface area (Å²) in [5.74, 6) is 0.390. The van der Waals surface area contributed by atoms with Crippen LogP contribution in [-0.2, 0) is 4.79 Å². The van der Waals surface area contributed by atoms with Crippen molar-refractivity contribution in [1.82, 2.24) is 9.80 Å². The van der Waals surface area contributed by atoms with Gasteiger partial charge in [-0.1, -0.05) is 56.3 Å². The van der Waals surface area contributed by atoms with Gasteiger partial charge in [0.2, 0.25) is 5.91 Å². The zero-order chi connectivity index (χ0) is 18.7. The van der Waals surface area contributed by atoms with Crippen molar-refractivity contribution in [3.8, 4) is 11.1 Å². The van der Waals surface area contributed by atoms with Crippen LogP contribution in [0.1, 0.15) is 31.1 Å². The smallest absolute Gasteiger partial charge is 0.254 e. The van der Waals surface area contributed by atoms with Gasteiger partial charge in [0.15, 0.2) is 0 Å². The molecule has 0 aromatic heterocycles. The highest BCUT2D eigenvalue weighted by molar-refractivity contribution is 5.99. The lowest BCUT2D eigenvalue weighted by atomic mass is 10.0. The molecular weight excluding hydrogens is 324 g/mol. The SMILES string of the molecule is CC(C)CN1CCN(C(=O)c2cccc(-c3ccccc3)c2)C(C)C1=O. The van der Waals surface area contributed by atoms with E-state index in [1.165, 1.54) is 0 Å². The van der Waals surface area contributed by atoms with Gasteiger partial charge in [0.1, 0.15) is 6.04 Å². The van der Waals surface area contributed by atoms with Crippen LogP contribution in [0.4, 0.5) is 0 Å². The van der Waals surface area contributed by atoms with Crippen molar-refractivity contribution in [1.29, 1.82) is 0 Å². The fourth-order valence-corrected chi connectivity index (χ4v) is 3.46. The van der Waals surface area contributed by atoms with Crippen molar-refractivity contribution in [3.63, 3.8) is 0 Å². The normalized spacial score (nSPS) is 17.7. The summed E-state index contributed by atoms with van der Waals surface area (Å²) < 4.78 is 0. The molecule has 2 aromatic rings. The lowest BCUT2D eigenvalue weighted by molar-refractivity contribution is -0.140. The Bertz CT molecular complexity index is 786. The Balaban J connectivity index is 1.79. The van der Waals surface area contributed by atoms with Crippen molar-refractivity contribution in [3.05, 3.63) is 60.2 Å². The molecule has 1 atom stereocenters. The summed E-state index contributed by atoms with van der Waals surface area (Å²) in [5.41, 5.74) is 2.71. The summed E-state index contributed by atoms with van der Waals surface area (Å²) in [6, 6.07) is 17.2. The van der Waals surface area contributed by atoms with Gasteiger partial charge < -0.3 is 9.80 Å². The van der Waals surface area contributed by atoms with Crippen molar-refractivity contribution in [2.45, 2.75) is 26.8 Å². The van der Waals surface area contributed by atoms with E-state index in [0.717, 1.165) is 17.7 Å². The van der Waals surface area contributed by atoms with E-state index in [1.807, 2.05) is 66.4 Å². The number of amides is 2. The summed E-state index contributed by atoms with van der Waals surface area (Å²) in [6.45, 7) is 7.96. The molecule has 26 heavy (non-hydrogen) atoms. The molecule has 136 valence electrons. The molecule has 1 heterocycles. The average molecular weight is 350 g/mol. The van der Waals surface area contributed by atoms with Crippen LogP contribution in [0.15, 0.2) is 54.6 Å². The number of piperazine rings is 1. The fourth-order valence-electron chi connectivity index (χ4n) is 3.46. The van der Waals surface area contributed by atoms with Crippen LogP contribution in [-0.4, -0.2) is 47.3 Å². The molecule has 0 spiro atoms. The second-order valence-electron chi connectivity index (χ2n) is 7.30. The van der Waals surface area contributed by atoms with Crippen molar-refractivity contribution >= 4 is 11.8 Å². The molecule has 0 radical (unpaired) electrons. The maximum Gasteiger partial charge on any atom is 0.254 e. The maximum atomic E-state index is 13.0. The highest BCUT2D eigenvalue weighted by atomic mass is 16.2. The predicted octanol–water partition coefficient (Wildman–Crippen LogP) is 3.68. The molecule has 2 amide bonds. The van der Waals surface area contributed by atoms with Gasteiger partial charge in [0.25, 0.3) is 5.91 Å². The molecule has 2 aromatic carbocycles. The van der Waals surface area contributed by atoms with Gasteiger partial charge in [-0.25, -0.2) is 0 Å². The Labute approximate surface area is 155 Å². The second-order valence-corrected chi connectivity index (χ2v) is 7.30. The molecule has 0 aliphatic carbocycles. The molecule has 1 fully saturated rings. The summed E-state index contributed by atoms with van der Waals surface area (Å²) in [7, 11) is 0. The van der Waals surface area contributed by atoms with Crippen LogP contribution >= 0.6 is 0 Å². The summed E-state index contributed by atoms with van der Waals surface area (Å²) in [6.07, 6.45) is 0. The third-order valence-electron chi connectivity index (χ3n) is 4.81. The fraction of sp³-hybridized carbons (Fsp3) is 0.364. The first-order valence-corrected chi connectivity index (χ1v) is 9.22. The Morgan fingerprint density at radius 2 is 1.73 bits per heavy atom. The van der Waals surface area contributed by atoms with Gasteiger partial charge in [-0.2, -0.15) is 0 Å². The van der Waals surface area contributed by atoms with Gasteiger partial charge in [0.05, 0.1) is 0 Å². The number of nitrogens with zero attached hydrogens (tertiary/aromatic N) is 2. The minimum Gasteiger partial charge on any atom is -0.339 e. The number of carbonyl (C=O) groups excluding carboxylic acids is 2. The van der Waals surface area contributed by atoms with Crippen LogP contribution in [0.5, 0.6) is 0 Å². The first-order chi connectivity index (χ1) is 12.5. The number of carbonyl (C=O) groups is 2. The number of rotatable bonds is 4. The Kier molecular flexibility index (Phi) is 5.40. The van der Waals surface area contributed by atoms with E-state index in [-0.39, 0.29) is 11.8 Å². The van der Waals surface area contributed by atoms with E-state index in [4.69, 9.17) is 0 Å². The van der Waals surface area contributed by atoms with Gasteiger partial charge in [-0.15, -0.1) is 0 Å². The molecule has 4 nitrogen and oxygen atoms in total. The largest absolute Gasteiger partial charge is 0.339 e. The molecule has 0 N–H and O–H groups in total. The molecule has 1 aliphatic heterocycles. The molecule has 4 heteroatoms. The van der Waals surface area contributed by atoms with Gasteiger partial charge in [0, 0.05) is 25.2 Å². The van der Waals surface area contributed by atoms with E-state index in [1.54, 1.807) is 4.90 Å². The van der Waals surface area contributed by atoms with E-state index < -0.39 is 6.04 Å². The van der Waals surface area contributed by atoms with Crippen molar-refractivity contribution < 1.29 is 9.59 Å². The third-order valence-corrected chi connectivity index (χ3v) is 4.81. The highest BCUT2D eigenvalue weighted by Gasteiger charge is 2.34.